The molecule has 96 valence electrons. The zero-order valence-electron chi connectivity index (χ0n) is 10.3. The monoisotopic (exact) mass is 275 g/mol. The van der Waals surface area contributed by atoms with Crippen LogP contribution in [0.25, 0.3) is 0 Å². The van der Waals surface area contributed by atoms with Crippen molar-refractivity contribution >= 4 is 21.6 Å². The van der Waals surface area contributed by atoms with Gasteiger partial charge < -0.3 is 0 Å². The van der Waals surface area contributed by atoms with E-state index in [4.69, 9.17) is 11.6 Å². The molecule has 0 heterocycles. The molecule has 0 fully saturated rings. The van der Waals surface area contributed by atoms with Crippen LogP contribution in [0, 0.1) is 6.92 Å². The molecule has 0 aliphatic heterocycles. The zero-order chi connectivity index (χ0) is 13.1. The van der Waals surface area contributed by atoms with E-state index in [0.717, 1.165) is 5.56 Å². The third-order valence-electron chi connectivity index (χ3n) is 2.76. The minimum Gasteiger partial charge on any atom is -0.207 e. The van der Waals surface area contributed by atoms with Crippen molar-refractivity contribution in [2.45, 2.75) is 37.6 Å². The van der Waals surface area contributed by atoms with Gasteiger partial charge in [-0.1, -0.05) is 19.1 Å². The van der Waals surface area contributed by atoms with Crippen LogP contribution in [0.15, 0.2) is 29.2 Å². The summed E-state index contributed by atoms with van der Waals surface area (Å²) in [6.45, 7) is 5.56. The lowest BCUT2D eigenvalue weighted by Crippen LogP contribution is -2.46. The number of halogens is 1. The third-order valence-corrected chi connectivity index (χ3v) is 4.98. The number of hydrogen-bond acceptors (Lipinski definition) is 2. The summed E-state index contributed by atoms with van der Waals surface area (Å²) in [5.41, 5.74) is 0.307. The van der Waals surface area contributed by atoms with Crippen LogP contribution >= 0.6 is 11.6 Å². The maximum absolute atomic E-state index is 12.1. The van der Waals surface area contributed by atoms with Crippen LogP contribution in [-0.2, 0) is 10.0 Å². The SMILES string of the molecule is CCC(C)(CCl)NS(=O)(=O)c1cccc(C)c1. The lowest BCUT2D eigenvalue weighted by molar-refractivity contribution is 0.444. The Morgan fingerprint density at radius 2 is 2.06 bits per heavy atom. The number of nitrogens with one attached hydrogen (secondary N) is 1. The zero-order valence-corrected chi connectivity index (χ0v) is 11.9. The Morgan fingerprint density at radius 1 is 1.41 bits per heavy atom. The first-order valence-electron chi connectivity index (χ1n) is 5.49. The van der Waals surface area contributed by atoms with E-state index in [2.05, 4.69) is 4.72 Å². The quantitative estimate of drug-likeness (QED) is 0.840. The van der Waals surface area contributed by atoms with Crippen molar-refractivity contribution in [3.8, 4) is 0 Å². The summed E-state index contributed by atoms with van der Waals surface area (Å²) in [5.74, 6) is 0.245. The lowest BCUT2D eigenvalue weighted by Gasteiger charge is -2.26. The average Bonchev–Trinajstić information content (AvgIpc) is 2.28. The minimum absolute atomic E-state index is 0.245. The summed E-state index contributed by atoms with van der Waals surface area (Å²) in [6, 6.07) is 6.82. The maximum Gasteiger partial charge on any atom is 0.241 e. The molecule has 0 aromatic heterocycles. The Bertz CT molecular complexity index is 481. The van der Waals surface area contributed by atoms with Crippen LogP contribution < -0.4 is 4.72 Å². The molecule has 17 heavy (non-hydrogen) atoms. The molecule has 0 bridgehead atoms. The highest BCUT2D eigenvalue weighted by atomic mass is 35.5. The van der Waals surface area contributed by atoms with Gasteiger partial charge in [0, 0.05) is 11.4 Å². The predicted molar refractivity (Wildman–Crippen MR) is 70.9 cm³/mol. The highest BCUT2D eigenvalue weighted by Gasteiger charge is 2.28. The molecule has 1 N–H and O–H groups in total. The number of alkyl halides is 1. The minimum atomic E-state index is -3.50. The van der Waals surface area contributed by atoms with E-state index in [9.17, 15) is 8.42 Å². The van der Waals surface area contributed by atoms with E-state index in [0.29, 0.717) is 6.42 Å². The van der Waals surface area contributed by atoms with E-state index >= 15 is 0 Å². The molecule has 0 radical (unpaired) electrons. The highest BCUT2D eigenvalue weighted by molar-refractivity contribution is 7.89. The molecule has 0 aliphatic rings. The predicted octanol–water partition coefficient (Wildman–Crippen LogP) is 2.68. The van der Waals surface area contributed by atoms with Gasteiger partial charge in [0.1, 0.15) is 0 Å². The Hall–Kier alpha value is -0.580. The van der Waals surface area contributed by atoms with Crippen molar-refractivity contribution in [1.82, 2.24) is 4.72 Å². The van der Waals surface area contributed by atoms with E-state index < -0.39 is 15.6 Å². The van der Waals surface area contributed by atoms with Gasteiger partial charge in [-0.25, -0.2) is 13.1 Å². The molecule has 1 unspecified atom stereocenters. The fraction of sp³-hybridized carbons (Fsp3) is 0.500. The summed E-state index contributed by atoms with van der Waals surface area (Å²) < 4.78 is 26.9. The summed E-state index contributed by atoms with van der Waals surface area (Å²) in [6.07, 6.45) is 0.640. The molecule has 0 amide bonds. The molecular weight excluding hydrogens is 258 g/mol. The van der Waals surface area contributed by atoms with Gasteiger partial charge in [0.2, 0.25) is 10.0 Å². The van der Waals surface area contributed by atoms with Crippen LogP contribution in [0.1, 0.15) is 25.8 Å². The van der Waals surface area contributed by atoms with Gasteiger partial charge >= 0.3 is 0 Å². The fourth-order valence-corrected chi connectivity index (χ4v) is 3.28. The van der Waals surface area contributed by atoms with Gasteiger partial charge in [-0.15, -0.1) is 11.6 Å². The van der Waals surface area contributed by atoms with E-state index in [1.54, 1.807) is 25.1 Å². The van der Waals surface area contributed by atoms with E-state index in [1.165, 1.54) is 0 Å². The first-order chi connectivity index (χ1) is 7.83. The Balaban J connectivity index is 3.05. The Morgan fingerprint density at radius 3 is 2.53 bits per heavy atom. The van der Waals surface area contributed by atoms with E-state index in [-0.39, 0.29) is 10.8 Å². The van der Waals surface area contributed by atoms with Crippen LogP contribution in [0.2, 0.25) is 0 Å². The van der Waals surface area contributed by atoms with Crippen LogP contribution in [0.4, 0.5) is 0 Å². The molecule has 3 nitrogen and oxygen atoms in total. The molecule has 1 aromatic rings. The molecule has 5 heteroatoms. The molecule has 1 atom stereocenters. The molecular formula is C12H18ClNO2S. The van der Waals surface area contributed by atoms with Crippen LogP contribution in [0.5, 0.6) is 0 Å². The largest absolute Gasteiger partial charge is 0.241 e. The molecule has 0 aliphatic carbocycles. The summed E-state index contributed by atoms with van der Waals surface area (Å²) in [7, 11) is -3.50. The molecule has 1 rings (SSSR count). The standard InChI is InChI=1S/C12H18ClNO2S/c1-4-12(3,9-13)14-17(15,16)11-7-5-6-10(2)8-11/h5-8,14H,4,9H2,1-3H3. The van der Waals surface area contributed by atoms with Gasteiger partial charge in [-0.05, 0) is 38.0 Å². The second kappa shape index (κ2) is 5.38. The van der Waals surface area contributed by atoms with Crippen molar-refractivity contribution in [3.63, 3.8) is 0 Å². The first-order valence-corrected chi connectivity index (χ1v) is 7.51. The van der Waals surface area contributed by atoms with Gasteiger partial charge in [0.15, 0.2) is 0 Å². The van der Waals surface area contributed by atoms with Crippen molar-refractivity contribution in [2.75, 3.05) is 5.88 Å². The number of rotatable bonds is 5. The summed E-state index contributed by atoms with van der Waals surface area (Å²) in [5, 5.41) is 0. The summed E-state index contributed by atoms with van der Waals surface area (Å²) >= 11 is 5.81. The third kappa shape index (κ3) is 3.69. The second-order valence-corrected chi connectivity index (χ2v) is 6.42. The molecule has 1 aromatic carbocycles. The molecule has 0 spiro atoms. The highest BCUT2D eigenvalue weighted by Crippen LogP contribution is 2.18. The normalized spacial score (nSPS) is 15.5. The van der Waals surface area contributed by atoms with Crippen LogP contribution in [-0.4, -0.2) is 19.8 Å². The molecule has 0 saturated heterocycles. The Labute approximate surface area is 108 Å². The number of benzene rings is 1. The van der Waals surface area contributed by atoms with Crippen molar-refractivity contribution < 1.29 is 8.42 Å². The van der Waals surface area contributed by atoms with Gasteiger partial charge in [0.25, 0.3) is 0 Å². The fourth-order valence-electron chi connectivity index (χ4n) is 1.36. The van der Waals surface area contributed by atoms with Crippen molar-refractivity contribution in [1.29, 1.82) is 0 Å². The smallest absolute Gasteiger partial charge is 0.207 e. The topological polar surface area (TPSA) is 46.2 Å². The number of hydrogen-bond donors (Lipinski definition) is 1. The summed E-state index contributed by atoms with van der Waals surface area (Å²) in [4.78, 5) is 0.280. The van der Waals surface area contributed by atoms with Crippen LogP contribution in [0.3, 0.4) is 0 Å². The maximum atomic E-state index is 12.1. The second-order valence-electron chi connectivity index (χ2n) is 4.47. The van der Waals surface area contributed by atoms with Crippen molar-refractivity contribution in [3.05, 3.63) is 29.8 Å². The molecule has 0 saturated carbocycles. The van der Waals surface area contributed by atoms with Crippen molar-refractivity contribution in [2.24, 2.45) is 0 Å². The number of sulfonamides is 1. The number of aryl methyl sites for hydroxylation is 1. The average molecular weight is 276 g/mol. The van der Waals surface area contributed by atoms with Gasteiger partial charge in [-0.3, -0.25) is 0 Å². The van der Waals surface area contributed by atoms with E-state index in [1.807, 2.05) is 19.9 Å². The Kier molecular flexibility index (Phi) is 4.58. The van der Waals surface area contributed by atoms with Gasteiger partial charge in [0.05, 0.1) is 4.90 Å². The lowest BCUT2D eigenvalue weighted by atomic mass is 10.0. The van der Waals surface area contributed by atoms with Gasteiger partial charge in [-0.2, -0.15) is 0 Å². The first kappa shape index (κ1) is 14.5.